The summed E-state index contributed by atoms with van der Waals surface area (Å²) in [5.41, 5.74) is 4.27. The molecule has 1 aliphatic heterocycles. The number of hydrogen-bond acceptors (Lipinski definition) is 4. The summed E-state index contributed by atoms with van der Waals surface area (Å²) in [6.07, 6.45) is 2.73. The van der Waals surface area contributed by atoms with Gasteiger partial charge in [0.2, 0.25) is 0 Å². The molecule has 0 saturated carbocycles. The van der Waals surface area contributed by atoms with Gasteiger partial charge < -0.3 is 14.8 Å². The Morgan fingerprint density at radius 3 is 2.88 bits per heavy atom. The van der Waals surface area contributed by atoms with Crippen LogP contribution in [0.4, 0.5) is 0 Å². The first kappa shape index (κ1) is 17.3. The molecule has 3 unspecified atom stereocenters. The number of nitrogens with one attached hydrogen (secondary N) is 1. The summed E-state index contributed by atoms with van der Waals surface area (Å²) in [4.78, 5) is 18.4. The zero-order valence-corrected chi connectivity index (χ0v) is 15.5. The lowest BCUT2D eigenvalue weighted by Gasteiger charge is -2.46. The van der Waals surface area contributed by atoms with Crippen LogP contribution < -0.4 is 0 Å². The number of H-pyrrole nitrogens is 1. The summed E-state index contributed by atoms with van der Waals surface area (Å²) in [6.45, 7) is 2.83. The number of methoxy groups -OCH3 is 1. The average molecular weight is 354 g/mol. The maximum absolute atomic E-state index is 12.7. The number of carbonyl (C=O) groups excluding carboxylic acids is 1. The first-order valence-corrected chi connectivity index (χ1v) is 9.25. The normalized spacial score (nSPS) is 30.7. The SMILES string of the molecule is C/C=C1/CN(C)C2Cc3c([nH]c4ccccc34)[C@@H](O)CC1C2C(=O)OC. The summed E-state index contributed by atoms with van der Waals surface area (Å²) in [5.74, 6) is -0.439. The molecule has 4 rings (SSSR count). The second kappa shape index (κ2) is 6.56. The van der Waals surface area contributed by atoms with Gasteiger partial charge in [-0.1, -0.05) is 29.8 Å². The van der Waals surface area contributed by atoms with Crippen molar-refractivity contribution in [3.63, 3.8) is 0 Å². The van der Waals surface area contributed by atoms with Crippen LogP contribution in [-0.2, 0) is 16.0 Å². The molecule has 1 aromatic carbocycles. The van der Waals surface area contributed by atoms with Gasteiger partial charge in [-0.15, -0.1) is 0 Å². The number of fused-ring (bicyclic) bond motifs is 5. The van der Waals surface area contributed by atoms with Crippen molar-refractivity contribution >= 4 is 16.9 Å². The topological polar surface area (TPSA) is 65.6 Å². The first-order chi connectivity index (χ1) is 12.5. The molecule has 0 spiro atoms. The number of benzene rings is 1. The van der Waals surface area contributed by atoms with Gasteiger partial charge in [-0.2, -0.15) is 0 Å². The Bertz CT molecular complexity index is 869. The number of aromatic nitrogens is 1. The molecule has 2 aromatic rings. The van der Waals surface area contributed by atoms with E-state index in [1.54, 1.807) is 0 Å². The van der Waals surface area contributed by atoms with E-state index >= 15 is 0 Å². The van der Waals surface area contributed by atoms with Gasteiger partial charge in [-0.05, 0) is 44.4 Å². The van der Waals surface area contributed by atoms with Crippen molar-refractivity contribution < 1.29 is 14.6 Å². The number of piperidine rings is 1. The van der Waals surface area contributed by atoms with Crippen LogP contribution in [0.1, 0.15) is 30.7 Å². The van der Waals surface area contributed by atoms with Gasteiger partial charge in [0.05, 0.1) is 19.1 Å². The van der Waals surface area contributed by atoms with Crippen molar-refractivity contribution in [3.05, 3.63) is 47.2 Å². The number of hydrogen-bond donors (Lipinski definition) is 2. The van der Waals surface area contributed by atoms with Crippen LogP contribution in [-0.4, -0.2) is 47.7 Å². The third-order valence-electron chi connectivity index (χ3n) is 6.24. The van der Waals surface area contributed by atoms with Gasteiger partial charge in [0, 0.05) is 29.2 Å². The van der Waals surface area contributed by atoms with Crippen LogP contribution in [0.2, 0.25) is 0 Å². The molecule has 26 heavy (non-hydrogen) atoms. The Hall–Kier alpha value is -2.11. The standard InChI is InChI=1S/C21H26N2O3/c1-4-12-11-23(2)17-9-15-13-7-5-6-8-16(13)22-20(15)18(24)10-14(12)19(17)21(25)26-3/h4-8,14,17-19,22,24H,9-11H2,1-3H3/b12-4-/t14?,17?,18-,19?/m0/s1. The van der Waals surface area contributed by atoms with Crippen LogP contribution in [0.5, 0.6) is 0 Å². The predicted molar refractivity (Wildman–Crippen MR) is 101 cm³/mol. The molecule has 2 bridgehead atoms. The lowest BCUT2D eigenvalue weighted by Crippen LogP contribution is -2.53. The number of likely N-dealkylation sites (tertiary alicyclic amines) is 1. The largest absolute Gasteiger partial charge is 0.469 e. The van der Waals surface area contributed by atoms with Crippen LogP contribution in [0.15, 0.2) is 35.9 Å². The number of aliphatic hydroxyl groups is 1. The number of likely N-dealkylation sites (N-methyl/N-ethyl adjacent to an activating group) is 1. The Kier molecular flexibility index (Phi) is 4.37. The van der Waals surface area contributed by atoms with Gasteiger partial charge in [0.25, 0.3) is 0 Å². The van der Waals surface area contributed by atoms with Crippen molar-refractivity contribution in [3.8, 4) is 0 Å². The second-order valence-electron chi connectivity index (χ2n) is 7.52. The number of esters is 1. The van der Waals surface area contributed by atoms with Crippen molar-refractivity contribution in [1.29, 1.82) is 0 Å². The first-order valence-electron chi connectivity index (χ1n) is 9.25. The fourth-order valence-electron chi connectivity index (χ4n) is 4.93. The van der Waals surface area contributed by atoms with E-state index in [0.29, 0.717) is 6.42 Å². The molecule has 0 amide bonds. The summed E-state index contributed by atoms with van der Waals surface area (Å²) in [5, 5.41) is 12.1. The van der Waals surface area contributed by atoms with E-state index in [1.807, 2.05) is 25.1 Å². The summed E-state index contributed by atoms with van der Waals surface area (Å²) < 4.78 is 5.17. The highest BCUT2D eigenvalue weighted by Gasteiger charge is 2.46. The minimum atomic E-state index is -0.617. The highest BCUT2D eigenvalue weighted by molar-refractivity contribution is 5.85. The number of aliphatic hydroxyl groups excluding tert-OH is 1. The van der Waals surface area contributed by atoms with Gasteiger partial charge in [0.15, 0.2) is 0 Å². The number of rotatable bonds is 1. The molecule has 1 fully saturated rings. The van der Waals surface area contributed by atoms with E-state index < -0.39 is 6.10 Å². The maximum Gasteiger partial charge on any atom is 0.310 e. The molecule has 138 valence electrons. The lowest BCUT2D eigenvalue weighted by molar-refractivity contribution is -0.151. The molecule has 4 atom stereocenters. The van der Waals surface area contributed by atoms with E-state index in [2.05, 4.69) is 29.1 Å². The smallest absolute Gasteiger partial charge is 0.310 e. The van der Waals surface area contributed by atoms with Crippen LogP contribution in [0.25, 0.3) is 10.9 Å². The fourth-order valence-corrected chi connectivity index (χ4v) is 4.93. The highest BCUT2D eigenvalue weighted by atomic mass is 16.5. The molecule has 2 N–H and O–H groups in total. The zero-order valence-electron chi connectivity index (χ0n) is 15.5. The summed E-state index contributed by atoms with van der Waals surface area (Å²) >= 11 is 0. The summed E-state index contributed by atoms with van der Waals surface area (Å²) in [6, 6.07) is 8.20. The second-order valence-corrected chi connectivity index (χ2v) is 7.52. The third-order valence-corrected chi connectivity index (χ3v) is 6.24. The molecule has 5 heteroatoms. The molecule has 1 aliphatic carbocycles. The van der Waals surface area contributed by atoms with Gasteiger partial charge in [0.1, 0.15) is 0 Å². The molecule has 5 nitrogen and oxygen atoms in total. The van der Waals surface area contributed by atoms with Gasteiger partial charge in [-0.3, -0.25) is 9.69 Å². The number of carbonyl (C=O) groups is 1. The minimum absolute atomic E-state index is 0.00297. The molecule has 1 aromatic heterocycles. The average Bonchev–Trinajstić information content (AvgIpc) is 3.01. The molecule has 2 heterocycles. The maximum atomic E-state index is 12.7. The third kappa shape index (κ3) is 2.58. The Balaban J connectivity index is 1.89. The monoisotopic (exact) mass is 354 g/mol. The molecule has 1 saturated heterocycles. The number of para-hydroxylation sites is 1. The zero-order chi connectivity index (χ0) is 18.4. The Morgan fingerprint density at radius 1 is 1.38 bits per heavy atom. The molecular formula is C21H26N2O3. The van der Waals surface area contributed by atoms with E-state index in [0.717, 1.165) is 35.1 Å². The van der Waals surface area contributed by atoms with Gasteiger partial charge >= 0.3 is 5.97 Å². The van der Waals surface area contributed by atoms with E-state index in [4.69, 9.17) is 4.74 Å². The predicted octanol–water partition coefficient (Wildman–Crippen LogP) is 2.81. The minimum Gasteiger partial charge on any atom is -0.469 e. The van der Waals surface area contributed by atoms with Crippen molar-refractivity contribution in [1.82, 2.24) is 9.88 Å². The molecule has 0 radical (unpaired) electrons. The van der Waals surface area contributed by atoms with Crippen molar-refractivity contribution in [2.75, 3.05) is 20.7 Å². The number of aromatic amines is 1. The van der Waals surface area contributed by atoms with Gasteiger partial charge in [-0.25, -0.2) is 0 Å². The molecule has 2 aliphatic rings. The van der Waals surface area contributed by atoms with Crippen molar-refractivity contribution in [2.45, 2.75) is 31.9 Å². The Labute approximate surface area is 153 Å². The number of allylic oxidation sites excluding steroid dienone is 1. The van der Waals surface area contributed by atoms with Crippen LogP contribution in [0, 0.1) is 11.8 Å². The molecular weight excluding hydrogens is 328 g/mol. The van der Waals surface area contributed by atoms with Crippen LogP contribution >= 0.6 is 0 Å². The number of ether oxygens (including phenoxy) is 1. The fraction of sp³-hybridized carbons (Fsp3) is 0.476. The summed E-state index contributed by atoms with van der Waals surface area (Å²) in [7, 11) is 3.53. The lowest BCUT2D eigenvalue weighted by atomic mass is 9.70. The van der Waals surface area contributed by atoms with Crippen molar-refractivity contribution in [2.24, 2.45) is 11.8 Å². The quantitative estimate of drug-likeness (QED) is 0.610. The number of nitrogens with zero attached hydrogens (tertiary/aromatic N) is 1. The highest BCUT2D eigenvalue weighted by Crippen LogP contribution is 2.44. The van der Waals surface area contributed by atoms with Crippen LogP contribution in [0.3, 0.4) is 0 Å². The van der Waals surface area contributed by atoms with E-state index in [1.165, 1.54) is 12.7 Å². The Morgan fingerprint density at radius 2 is 2.15 bits per heavy atom. The van der Waals surface area contributed by atoms with E-state index in [9.17, 15) is 9.90 Å². The van der Waals surface area contributed by atoms with E-state index in [-0.39, 0.29) is 23.8 Å².